The van der Waals surface area contributed by atoms with Gasteiger partial charge in [-0.1, -0.05) is 12.1 Å². The van der Waals surface area contributed by atoms with Gasteiger partial charge in [-0.15, -0.1) is 11.3 Å². The lowest BCUT2D eigenvalue weighted by Crippen LogP contribution is -2.23. The van der Waals surface area contributed by atoms with Gasteiger partial charge in [0.15, 0.2) is 5.13 Å². The predicted molar refractivity (Wildman–Crippen MR) is 126 cm³/mol. The molecule has 4 rings (SSSR count). The van der Waals surface area contributed by atoms with Crippen molar-refractivity contribution in [1.82, 2.24) is 9.97 Å². The largest absolute Gasteiger partial charge is 0.416 e. The molecule has 6 nitrogen and oxygen atoms in total. The Balaban J connectivity index is 1.53. The van der Waals surface area contributed by atoms with Gasteiger partial charge >= 0.3 is 6.18 Å². The highest BCUT2D eigenvalue weighted by Gasteiger charge is 2.31. The summed E-state index contributed by atoms with van der Waals surface area (Å²) in [5, 5.41) is 5.37. The van der Waals surface area contributed by atoms with Crippen LogP contribution in [0, 0.1) is 0 Å². The smallest absolute Gasteiger partial charge is 0.322 e. The Morgan fingerprint density at radius 3 is 2.65 bits per heavy atom. The first-order chi connectivity index (χ1) is 16.2. The number of nitrogens with zero attached hydrogens (tertiary/aromatic N) is 3. The summed E-state index contributed by atoms with van der Waals surface area (Å²) >= 11 is 1.07. The molecular formula is C24H17F3N4O2S. The van der Waals surface area contributed by atoms with Crippen LogP contribution in [0.25, 0.3) is 17.0 Å². The fourth-order valence-corrected chi connectivity index (χ4v) is 4.11. The van der Waals surface area contributed by atoms with Gasteiger partial charge in [0.05, 0.1) is 28.1 Å². The van der Waals surface area contributed by atoms with Gasteiger partial charge in [-0.2, -0.15) is 13.2 Å². The number of fused-ring (bicyclic) bond motifs is 1. The summed E-state index contributed by atoms with van der Waals surface area (Å²) in [6.45, 7) is 1.24. The van der Waals surface area contributed by atoms with E-state index in [1.54, 1.807) is 29.8 Å². The van der Waals surface area contributed by atoms with Crippen molar-refractivity contribution < 1.29 is 22.8 Å². The number of carbonyl (C=O) groups excluding carboxylic acids is 2. The van der Waals surface area contributed by atoms with Gasteiger partial charge in [0, 0.05) is 30.0 Å². The van der Waals surface area contributed by atoms with Gasteiger partial charge in [-0.3, -0.25) is 19.5 Å². The van der Waals surface area contributed by atoms with Gasteiger partial charge in [0.1, 0.15) is 0 Å². The number of hydrogen-bond donors (Lipinski definition) is 1. The molecule has 172 valence electrons. The lowest BCUT2D eigenvalue weighted by atomic mass is 10.2. The topological polar surface area (TPSA) is 75.2 Å². The molecule has 2 aromatic heterocycles. The minimum atomic E-state index is -4.54. The molecule has 2 aromatic carbocycles. The van der Waals surface area contributed by atoms with E-state index in [0.717, 1.165) is 39.3 Å². The fourth-order valence-electron chi connectivity index (χ4n) is 3.25. The number of rotatable bonds is 5. The van der Waals surface area contributed by atoms with Crippen molar-refractivity contribution in [2.45, 2.75) is 13.1 Å². The average molecular weight is 482 g/mol. The molecule has 0 aliphatic heterocycles. The third kappa shape index (κ3) is 5.12. The maximum atomic E-state index is 13.1. The average Bonchev–Trinajstić information content (AvgIpc) is 3.26. The zero-order valence-electron chi connectivity index (χ0n) is 17.7. The van der Waals surface area contributed by atoms with Crippen LogP contribution < -0.4 is 10.2 Å². The molecule has 4 aromatic rings. The van der Waals surface area contributed by atoms with Crippen LogP contribution in [0.2, 0.25) is 0 Å². The molecule has 10 heteroatoms. The van der Waals surface area contributed by atoms with Crippen molar-refractivity contribution in [2.75, 3.05) is 10.2 Å². The zero-order chi connectivity index (χ0) is 24.3. The van der Waals surface area contributed by atoms with E-state index < -0.39 is 23.6 Å². The monoisotopic (exact) mass is 482 g/mol. The van der Waals surface area contributed by atoms with E-state index in [2.05, 4.69) is 15.3 Å². The minimum Gasteiger partial charge on any atom is -0.322 e. The molecule has 0 radical (unpaired) electrons. The first-order valence-corrected chi connectivity index (χ1v) is 10.9. The Kier molecular flexibility index (Phi) is 6.42. The van der Waals surface area contributed by atoms with E-state index in [-0.39, 0.29) is 10.8 Å². The maximum Gasteiger partial charge on any atom is 0.416 e. The second-order valence-corrected chi connectivity index (χ2v) is 7.99. The van der Waals surface area contributed by atoms with Crippen LogP contribution in [-0.4, -0.2) is 21.8 Å². The van der Waals surface area contributed by atoms with Gasteiger partial charge in [0.25, 0.3) is 0 Å². The SMILES string of the molecule is CC(=O)N(c1cccc(C(F)(F)F)c1)c1nc(/C=C/C(=O)Nc2cccc3ncccc23)cs1. The van der Waals surface area contributed by atoms with Crippen molar-refractivity contribution in [3.63, 3.8) is 0 Å². The van der Waals surface area contributed by atoms with E-state index >= 15 is 0 Å². The van der Waals surface area contributed by atoms with E-state index in [0.29, 0.717) is 11.4 Å². The summed E-state index contributed by atoms with van der Waals surface area (Å²) in [5.41, 5.74) is 0.912. The van der Waals surface area contributed by atoms with Gasteiger partial charge in [0.2, 0.25) is 11.8 Å². The molecule has 0 spiro atoms. The number of benzene rings is 2. The number of pyridine rings is 1. The van der Waals surface area contributed by atoms with Crippen molar-refractivity contribution in [3.8, 4) is 0 Å². The molecular weight excluding hydrogens is 465 g/mol. The van der Waals surface area contributed by atoms with E-state index in [1.807, 2.05) is 12.1 Å². The molecule has 0 unspecified atom stereocenters. The second kappa shape index (κ2) is 9.44. The number of carbonyl (C=O) groups is 2. The standard InChI is InChI=1S/C24H17F3N4O2S/c1-15(32)31(18-6-2-5-16(13-18)24(25,26)27)23-29-17(14-34-23)10-11-22(33)30-21-9-3-8-20-19(21)7-4-12-28-20/h2-14H,1H3,(H,30,33)/b11-10+. The molecule has 1 N–H and O–H groups in total. The third-order valence-corrected chi connectivity index (χ3v) is 5.60. The van der Waals surface area contributed by atoms with Crippen molar-refractivity contribution in [3.05, 3.63) is 83.5 Å². The Bertz CT molecular complexity index is 1390. The van der Waals surface area contributed by atoms with Crippen LogP contribution in [0.1, 0.15) is 18.2 Å². The molecule has 0 saturated heterocycles. The predicted octanol–water partition coefficient (Wildman–Crippen LogP) is 6.05. The quantitative estimate of drug-likeness (QED) is 0.352. The van der Waals surface area contributed by atoms with Crippen LogP contribution >= 0.6 is 11.3 Å². The molecule has 0 aliphatic carbocycles. The first kappa shape index (κ1) is 23.1. The number of aromatic nitrogens is 2. The number of alkyl halides is 3. The highest BCUT2D eigenvalue weighted by atomic mass is 32.1. The molecule has 34 heavy (non-hydrogen) atoms. The van der Waals surface area contributed by atoms with Crippen LogP contribution in [-0.2, 0) is 15.8 Å². The van der Waals surface area contributed by atoms with Gasteiger partial charge in [-0.25, -0.2) is 4.98 Å². The number of amides is 2. The normalized spacial score (nSPS) is 11.6. The van der Waals surface area contributed by atoms with Crippen LogP contribution in [0.15, 0.2) is 72.3 Å². The number of hydrogen-bond acceptors (Lipinski definition) is 5. The second-order valence-electron chi connectivity index (χ2n) is 7.16. The fraction of sp³-hybridized carbons (Fsp3) is 0.0833. The Morgan fingerprint density at radius 1 is 1.09 bits per heavy atom. The molecule has 0 fully saturated rings. The van der Waals surface area contributed by atoms with Gasteiger partial charge in [-0.05, 0) is 48.5 Å². The van der Waals surface area contributed by atoms with Crippen molar-refractivity contribution >= 4 is 56.6 Å². The molecule has 0 aliphatic rings. The summed E-state index contributed by atoms with van der Waals surface area (Å²) in [5.74, 6) is -0.890. The Labute approximate surface area is 196 Å². The van der Waals surface area contributed by atoms with E-state index in [4.69, 9.17) is 0 Å². The summed E-state index contributed by atoms with van der Waals surface area (Å²) in [7, 11) is 0. The minimum absolute atomic E-state index is 0.0505. The summed E-state index contributed by atoms with van der Waals surface area (Å²) in [6.07, 6.45) is -0.125. The first-order valence-electron chi connectivity index (χ1n) is 9.98. The number of thiazole rings is 1. The van der Waals surface area contributed by atoms with E-state index in [9.17, 15) is 22.8 Å². The van der Waals surface area contributed by atoms with Crippen LogP contribution in [0.5, 0.6) is 0 Å². The molecule has 0 bridgehead atoms. The number of anilines is 3. The van der Waals surface area contributed by atoms with E-state index in [1.165, 1.54) is 31.2 Å². The Morgan fingerprint density at radius 2 is 1.88 bits per heavy atom. The summed E-state index contributed by atoms with van der Waals surface area (Å²) in [6, 6.07) is 13.5. The lowest BCUT2D eigenvalue weighted by molar-refractivity contribution is -0.137. The Hall–Kier alpha value is -4.05. The molecule has 0 atom stereocenters. The number of nitrogens with one attached hydrogen (secondary N) is 1. The summed E-state index contributed by atoms with van der Waals surface area (Å²) < 4.78 is 39.3. The van der Waals surface area contributed by atoms with Gasteiger partial charge < -0.3 is 5.32 Å². The third-order valence-electron chi connectivity index (χ3n) is 4.76. The zero-order valence-corrected chi connectivity index (χ0v) is 18.5. The maximum absolute atomic E-state index is 13.1. The van der Waals surface area contributed by atoms with Crippen LogP contribution in [0.3, 0.4) is 0 Å². The molecule has 2 heterocycles. The lowest BCUT2D eigenvalue weighted by Gasteiger charge is -2.19. The highest BCUT2D eigenvalue weighted by molar-refractivity contribution is 7.14. The van der Waals surface area contributed by atoms with Crippen LogP contribution in [0.4, 0.5) is 29.7 Å². The summed E-state index contributed by atoms with van der Waals surface area (Å²) in [4.78, 5) is 34.3. The molecule has 2 amide bonds. The highest BCUT2D eigenvalue weighted by Crippen LogP contribution is 2.35. The molecule has 0 saturated carbocycles. The van der Waals surface area contributed by atoms with Crippen molar-refractivity contribution in [1.29, 1.82) is 0 Å². The van der Waals surface area contributed by atoms with Crippen molar-refractivity contribution in [2.24, 2.45) is 0 Å². The number of halogens is 3.